The maximum Gasteiger partial charge on any atom is 0.0122 e. The van der Waals surface area contributed by atoms with Crippen molar-refractivity contribution in [3.63, 3.8) is 0 Å². The van der Waals surface area contributed by atoms with Crippen molar-refractivity contribution in [1.29, 1.82) is 0 Å². The predicted octanol–water partition coefficient (Wildman–Crippen LogP) is 4.21. The fourth-order valence-electron chi connectivity index (χ4n) is 1.69. The monoisotopic (exact) mass is 296 g/mol. The summed E-state index contributed by atoms with van der Waals surface area (Å²) in [7, 11) is 0. The van der Waals surface area contributed by atoms with E-state index < -0.39 is 0 Å². The van der Waals surface area contributed by atoms with Gasteiger partial charge in [-0.15, -0.1) is 0 Å². The highest BCUT2D eigenvalue weighted by Crippen LogP contribution is 2.18. The van der Waals surface area contributed by atoms with Crippen LogP contribution in [0.2, 0.25) is 0 Å². The van der Waals surface area contributed by atoms with Crippen molar-refractivity contribution >= 4 is 33.4 Å². The average molecular weight is 296 g/mol. The Morgan fingerprint density at radius 1 is 1.07 bits per heavy atom. The van der Waals surface area contributed by atoms with E-state index in [-0.39, 0.29) is 0 Å². The Morgan fingerprint density at radius 3 is 2.50 bits per heavy atom. The molecule has 0 nitrogen and oxygen atoms in total. The standard InChI is InChI=1S/C13H13I/c1-10(14)8-11-6-7-12-4-2-3-5-13(12)9-11/h2-7,9-10H,8H2,1H3. The minimum Gasteiger partial charge on any atom is -0.0826 e. The molecule has 0 aliphatic rings. The van der Waals surface area contributed by atoms with Gasteiger partial charge in [0.25, 0.3) is 0 Å². The van der Waals surface area contributed by atoms with Crippen molar-refractivity contribution < 1.29 is 0 Å². The van der Waals surface area contributed by atoms with Gasteiger partial charge in [-0.1, -0.05) is 72.0 Å². The number of hydrogen-bond acceptors (Lipinski definition) is 0. The van der Waals surface area contributed by atoms with Gasteiger partial charge in [-0.3, -0.25) is 0 Å². The smallest absolute Gasteiger partial charge is 0.0122 e. The van der Waals surface area contributed by atoms with Crippen LogP contribution in [0.1, 0.15) is 12.5 Å². The van der Waals surface area contributed by atoms with Crippen molar-refractivity contribution in [2.24, 2.45) is 0 Å². The van der Waals surface area contributed by atoms with Crippen molar-refractivity contribution in [3.05, 3.63) is 48.0 Å². The van der Waals surface area contributed by atoms with Crippen LogP contribution in [0.15, 0.2) is 42.5 Å². The first-order chi connectivity index (χ1) is 6.75. The van der Waals surface area contributed by atoms with Crippen LogP contribution in [-0.4, -0.2) is 3.92 Å². The Balaban J connectivity index is 2.41. The SMILES string of the molecule is CC(I)Cc1ccc2ccccc2c1. The molecule has 0 aromatic heterocycles. The van der Waals surface area contributed by atoms with E-state index in [2.05, 4.69) is 72.0 Å². The average Bonchev–Trinajstić information content (AvgIpc) is 2.17. The number of alkyl halides is 1. The van der Waals surface area contributed by atoms with Crippen LogP contribution in [0.5, 0.6) is 0 Å². The van der Waals surface area contributed by atoms with E-state index in [1.807, 2.05) is 0 Å². The van der Waals surface area contributed by atoms with Gasteiger partial charge in [0.2, 0.25) is 0 Å². The summed E-state index contributed by atoms with van der Waals surface area (Å²) in [6.07, 6.45) is 1.16. The van der Waals surface area contributed by atoms with Crippen LogP contribution in [0, 0.1) is 0 Å². The lowest BCUT2D eigenvalue weighted by atomic mass is 10.0. The van der Waals surface area contributed by atoms with Crippen LogP contribution in [0.4, 0.5) is 0 Å². The molecule has 0 bridgehead atoms. The van der Waals surface area contributed by atoms with Crippen molar-refractivity contribution in [1.82, 2.24) is 0 Å². The summed E-state index contributed by atoms with van der Waals surface area (Å²) in [6, 6.07) is 15.3. The Kier molecular flexibility index (Phi) is 3.06. The van der Waals surface area contributed by atoms with E-state index in [0.717, 1.165) is 6.42 Å². The normalized spacial score (nSPS) is 13.0. The third kappa shape index (κ3) is 2.27. The predicted molar refractivity (Wildman–Crippen MR) is 71.1 cm³/mol. The molecule has 14 heavy (non-hydrogen) atoms. The van der Waals surface area contributed by atoms with Gasteiger partial charge in [0.15, 0.2) is 0 Å². The summed E-state index contributed by atoms with van der Waals surface area (Å²) in [4.78, 5) is 0. The Bertz CT molecular complexity index is 432. The van der Waals surface area contributed by atoms with Crippen molar-refractivity contribution in [2.75, 3.05) is 0 Å². The molecule has 0 saturated heterocycles. The maximum atomic E-state index is 2.47. The lowest BCUT2D eigenvalue weighted by Crippen LogP contribution is -1.95. The first kappa shape index (κ1) is 9.97. The highest BCUT2D eigenvalue weighted by atomic mass is 127. The lowest BCUT2D eigenvalue weighted by Gasteiger charge is -2.05. The van der Waals surface area contributed by atoms with E-state index in [4.69, 9.17) is 0 Å². The number of fused-ring (bicyclic) bond motifs is 1. The molecule has 0 amide bonds. The zero-order chi connectivity index (χ0) is 9.97. The lowest BCUT2D eigenvalue weighted by molar-refractivity contribution is 0.979. The van der Waals surface area contributed by atoms with E-state index in [9.17, 15) is 0 Å². The number of rotatable bonds is 2. The van der Waals surface area contributed by atoms with Crippen LogP contribution in [0.25, 0.3) is 10.8 Å². The summed E-state index contributed by atoms with van der Waals surface area (Å²) in [5.41, 5.74) is 1.44. The highest BCUT2D eigenvalue weighted by Gasteiger charge is 1.99. The fourth-order valence-corrected chi connectivity index (χ4v) is 2.20. The van der Waals surface area contributed by atoms with Gasteiger partial charge in [-0.05, 0) is 22.8 Å². The van der Waals surface area contributed by atoms with Crippen LogP contribution in [-0.2, 0) is 6.42 Å². The molecule has 0 heterocycles. The van der Waals surface area contributed by atoms with Crippen LogP contribution in [0.3, 0.4) is 0 Å². The van der Waals surface area contributed by atoms with Gasteiger partial charge in [0.05, 0.1) is 0 Å². The molecule has 0 aliphatic carbocycles. The van der Waals surface area contributed by atoms with Crippen molar-refractivity contribution in [2.45, 2.75) is 17.3 Å². The van der Waals surface area contributed by atoms with Crippen LogP contribution < -0.4 is 0 Å². The second kappa shape index (κ2) is 4.30. The molecule has 0 fully saturated rings. The molecular formula is C13H13I. The number of hydrogen-bond donors (Lipinski definition) is 0. The van der Waals surface area contributed by atoms with Crippen LogP contribution >= 0.6 is 22.6 Å². The fraction of sp³-hybridized carbons (Fsp3) is 0.231. The Labute approximate surface area is 98.5 Å². The topological polar surface area (TPSA) is 0 Å². The molecule has 0 saturated carbocycles. The second-order valence-corrected chi connectivity index (χ2v) is 5.79. The summed E-state index contributed by atoms with van der Waals surface area (Å²) in [5.74, 6) is 0. The first-order valence-corrected chi connectivity index (χ1v) is 6.12. The highest BCUT2D eigenvalue weighted by molar-refractivity contribution is 14.1. The number of benzene rings is 2. The molecule has 2 aromatic rings. The molecule has 0 spiro atoms. The van der Waals surface area contributed by atoms with E-state index >= 15 is 0 Å². The molecule has 1 heteroatoms. The van der Waals surface area contributed by atoms with Gasteiger partial charge in [0.1, 0.15) is 0 Å². The van der Waals surface area contributed by atoms with Gasteiger partial charge in [-0.25, -0.2) is 0 Å². The van der Waals surface area contributed by atoms with Gasteiger partial charge < -0.3 is 0 Å². The molecule has 1 unspecified atom stereocenters. The zero-order valence-corrected chi connectivity index (χ0v) is 10.4. The Morgan fingerprint density at radius 2 is 1.79 bits per heavy atom. The van der Waals surface area contributed by atoms with Crippen molar-refractivity contribution in [3.8, 4) is 0 Å². The molecule has 2 rings (SSSR count). The third-order valence-corrected chi connectivity index (χ3v) is 2.77. The Hall–Kier alpha value is -0.570. The third-order valence-electron chi connectivity index (χ3n) is 2.33. The van der Waals surface area contributed by atoms with Gasteiger partial charge in [0, 0.05) is 3.92 Å². The van der Waals surface area contributed by atoms with E-state index in [1.165, 1.54) is 16.3 Å². The first-order valence-electron chi connectivity index (χ1n) is 4.87. The largest absolute Gasteiger partial charge is 0.0826 e. The minimum absolute atomic E-state index is 0.703. The quantitative estimate of drug-likeness (QED) is 0.575. The zero-order valence-electron chi connectivity index (χ0n) is 8.20. The van der Waals surface area contributed by atoms with E-state index in [1.54, 1.807) is 0 Å². The summed E-state index contributed by atoms with van der Waals surface area (Å²) in [6.45, 7) is 2.25. The van der Waals surface area contributed by atoms with Gasteiger partial charge in [-0.2, -0.15) is 0 Å². The molecular weight excluding hydrogens is 283 g/mol. The number of halogens is 1. The molecule has 2 aromatic carbocycles. The summed E-state index contributed by atoms with van der Waals surface area (Å²) in [5, 5.41) is 2.68. The molecule has 72 valence electrons. The summed E-state index contributed by atoms with van der Waals surface area (Å²) >= 11 is 2.47. The second-order valence-electron chi connectivity index (χ2n) is 3.67. The molecule has 0 N–H and O–H groups in total. The minimum atomic E-state index is 0.703. The van der Waals surface area contributed by atoms with Gasteiger partial charge >= 0.3 is 0 Å². The molecule has 0 radical (unpaired) electrons. The summed E-state index contributed by atoms with van der Waals surface area (Å²) < 4.78 is 0.703. The molecule has 0 aliphatic heterocycles. The molecule has 1 atom stereocenters. The maximum absolute atomic E-state index is 2.47. The van der Waals surface area contributed by atoms with E-state index in [0.29, 0.717) is 3.92 Å².